The molecule has 2 N–H and O–H groups in total. The Morgan fingerprint density at radius 1 is 1.45 bits per heavy atom. The van der Waals surface area contributed by atoms with Crippen molar-refractivity contribution in [3.05, 3.63) is 23.8 Å². The highest BCUT2D eigenvalue weighted by atomic mass is 32.2. The van der Waals surface area contributed by atoms with Crippen LogP contribution in [0.3, 0.4) is 0 Å². The number of H-pyrrole nitrogens is 1. The number of nitrogens with one attached hydrogen (secondary N) is 2. The third-order valence-electron chi connectivity index (χ3n) is 2.95. The minimum absolute atomic E-state index is 0.0888. The molecule has 0 saturated heterocycles. The van der Waals surface area contributed by atoms with Gasteiger partial charge in [-0.3, -0.25) is 5.32 Å². The molecule has 0 aliphatic carbocycles. The fourth-order valence-corrected chi connectivity index (χ4v) is 2.92. The molecule has 2 rings (SSSR count). The van der Waals surface area contributed by atoms with Crippen LogP contribution in [-0.4, -0.2) is 27.8 Å². The molecular formula is C15H20N4S. The monoisotopic (exact) mass is 288 g/mol. The van der Waals surface area contributed by atoms with E-state index in [1.807, 2.05) is 6.07 Å². The molecule has 0 aliphatic heterocycles. The first-order valence-corrected chi connectivity index (χ1v) is 7.82. The van der Waals surface area contributed by atoms with Gasteiger partial charge in [0.25, 0.3) is 0 Å². The number of imidazole rings is 1. The largest absolute Gasteiger partial charge is 0.333 e. The molecule has 20 heavy (non-hydrogen) atoms. The number of aromatic nitrogens is 2. The zero-order valence-electron chi connectivity index (χ0n) is 12.1. The lowest BCUT2D eigenvalue weighted by molar-refractivity contribution is 0.522. The van der Waals surface area contributed by atoms with Crippen LogP contribution < -0.4 is 5.32 Å². The van der Waals surface area contributed by atoms with E-state index in [-0.39, 0.29) is 6.04 Å². The van der Waals surface area contributed by atoms with E-state index in [0.29, 0.717) is 6.04 Å². The highest BCUT2D eigenvalue weighted by Gasteiger charge is 2.09. The lowest BCUT2D eigenvalue weighted by atomic mass is 10.2. The van der Waals surface area contributed by atoms with Crippen molar-refractivity contribution in [2.75, 3.05) is 5.75 Å². The maximum absolute atomic E-state index is 9.07. The number of thioether (sulfide) groups is 1. The van der Waals surface area contributed by atoms with Crippen LogP contribution >= 0.6 is 11.8 Å². The summed E-state index contributed by atoms with van der Waals surface area (Å²) in [4.78, 5) is 7.86. The van der Waals surface area contributed by atoms with Gasteiger partial charge in [-0.05, 0) is 44.9 Å². The minimum atomic E-state index is -0.0888. The van der Waals surface area contributed by atoms with Crippen LogP contribution in [0.4, 0.5) is 0 Å². The molecule has 2 aromatic rings. The first-order valence-electron chi connectivity index (χ1n) is 6.83. The molecular weight excluding hydrogens is 268 g/mol. The van der Waals surface area contributed by atoms with Crippen LogP contribution in [0, 0.1) is 18.3 Å². The predicted molar refractivity (Wildman–Crippen MR) is 83.8 cm³/mol. The molecule has 0 amide bonds. The molecule has 0 radical (unpaired) electrons. The van der Waals surface area contributed by atoms with Gasteiger partial charge in [0, 0.05) is 11.8 Å². The maximum Gasteiger partial charge on any atom is 0.166 e. The van der Waals surface area contributed by atoms with Crippen molar-refractivity contribution in [3.63, 3.8) is 0 Å². The molecule has 1 aromatic carbocycles. The van der Waals surface area contributed by atoms with Crippen LogP contribution in [0.2, 0.25) is 0 Å². The van der Waals surface area contributed by atoms with E-state index in [1.54, 1.807) is 11.8 Å². The Kier molecular flexibility index (Phi) is 5.05. The van der Waals surface area contributed by atoms with Crippen LogP contribution in [-0.2, 0) is 0 Å². The first-order chi connectivity index (χ1) is 9.58. The van der Waals surface area contributed by atoms with Crippen molar-refractivity contribution in [1.82, 2.24) is 15.3 Å². The van der Waals surface area contributed by atoms with Gasteiger partial charge >= 0.3 is 0 Å². The Labute approximate surface area is 124 Å². The molecule has 106 valence electrons. The predicted octanol–water partition coefficient (Wildman–Crippen LogP) is 3.24. The van der Waals surface area contributed by atoms with Gasteiger partial charge < -0.3 is 4.98 Å². The number of aromatic amines is 1. The Morgan fingerprint density at radius 2 is 2.25 bits per heavy atom. The van der Waals surface area contributed by atoms with Gasteiger partial charge in [-0.15, -0.1) is 0 Å². The number of hydrogen-bond donors (Lipinski definition) is 2. The summed E-state index contributed by atoms with van der Waals surface area (Å²) in [7, 11) is 0. The number of rotatable bonds is 6. The molecule has 5 heteroatoms. The zero-order valence-corrected chi connectivity index (χ0v) is 12.9. The third-order valence-corrected chi connectivity index (χ3v) is 3.86. The third kappa shape index (κ3) is 3.99. The van der Waals surface area contributed by atoms with Gasteiger partial charge in [-0.25, -0.2) is 4.98 Å². The second kappa shape index (κ2) is 6.78. The maximum atomic E-state index is 9.07. The van der Waals surface area contributed by atoms with Crippen molar-refractivity contribution in [2.45, 2.75) is 44.4 Å². The van der Waals surface area contributed by atoms with E-state index >= 15 is 0 Å². The van der Waals surface area contributed by atoms with Gasteiger partial charge in [-0.1, -0.05) is 17.8 Å². The standard InChI is InChI=1S/C15H20N4S/c1-10(2)17-12(9-16)6-7-20-15-18-13-5-4-11(3)8-14(13)19-15/h4-5,8,10,12,17H,6-7H2,1-3H3,(H,18,19). The van der Waals surface area contributed by atoms with Gasteiger partial charge in [-0.2, -0.15) is 5.26 Å². The normalized spacial score (nSPS) is 12.8. The SMILES string of the molecule is Cc1ccc2nc(SCCC(C#N)NC(C)C)[nH]c2c1. The van der Waals surface area contributed by atoms with E-state index in [0.717, 1.165) is 28.4 Å². The van der Waals surface area contributed by atoms with Crippen molar-refractivity contribution < 1.29 is 0 Å². The van der Waals surface area contributed by atoms with Crippen molar-refractivity contribution >= 4 is 22.8 Å². The molecule has 1 unspecified atom stereocenters. The van der Waals surface area contributed by atoms with Gasteiger partial charge in [0.1, 0.15) is 0 Å². The minimum Gasteiger partial charge on any atom is -0.333 e. The van der Waals surface area contributed by atoms with E-state index in [2.05, 4.69) is 54.3 Å². The number of fused-ring (bicyclic) bond motifs is 1. The summed E-state index contributed by atoms with van der Waals surface area (Å²) in [6.07, 6.45) is 0.815. The average molecular weight is 288 g/mol. The molecule has 0 fully saturated rings. The highest BCUT2D eigenvalue weighted by molar-refractivity contribution is 7.99. The van der Waals surface area contributed by atoms with E-state index in [4.69, 9.17) is 5.26 Å². The smallest absolute Gasteiger partial charge is 0.166 e. The number of aryl methyl sites for hydroxylation is 1. The van der Waals surface area contributed by atoms with Crippen LogP contribution in [0.1, 0.15) is 25.8 Å². The van der Waals surface area contributed by atoms with Gasteiger partial charge in [0.2, 0.25) is 0 Å². The number of hydrogen-bond acceptors (Lipinski definition) is 4. The highest BCUT2D eigenvalue weighted by Crippen LogP contribution is 2.21. The lowest BCUT2D eigenvalue weighted by Crippen LogP contribution is -2.33. The summed E-state index contributed by atoms with van der Waals surface area (Å²) in [5, 5.41) is 13.2. The van der Waals surface area contributed by atoms with Gasteiger partial charge in [0.05, 0.1) is 23.1 Å². The summed E-state index contributed by atoms with van der Waals surface area (Å²) in [6, 6.07) is 8.74. The molecule has 0 bridgehead atoms. The summed E-state index contributed by atoms with van der Waals surface area (Å²) in [5.41, 5.74) is 3.29. The Morgan fingerprint density at radius 3 is 2.95 bits per heavy atom. The summed E-state index contributed by atoms with van der Waals surface area (Å²) < 4.78 is 0. The molecule has 1 aromatic heterocycles. The van der Waals surface area contributed by atoms with Crippen molar-refractivity contribution in [3.8, 4) is 6.07 Å². The molecule has 0 spiro atoms. The second-order valence-corrected chi connectivity index (χ2v) is 6.29. The molecule has 0 saturated carbocycles. The summed E-state index contributed by atoms with van der Waals surface area (Å²) in [5.74, 6) is 0.872. The van der Waals surface area contributed by atoms with Crippen molar-refractivity contribution in [2.24, 2.45) is 0 Å². The molecule has 0 aliphatic rings. The Hall–Kier alpha value is -1.51. The fourth-order valence-electron chi connectivity index (χ4n) is 2.03. The number of nitrogens with zero attached hydrogens (tertiary/aromatic N) is 2. The summed E-state index contributed by atoms with van der Waals surface area (Å²) >= 11 is 1.67. The first kappa shape index (κ1) is 14.9. The molecule has 4 nitrogen and oxygen atoms in total. The van der Waals surface area contributed by atoms with Crippen LogP contribution in [0.15, 0.2) is 23.4 Å². The fraction of sp³-hybridized carbons (Fsp3) is 0.467. The number of benzene rings is 1. The lowest BCUT2D eigenvalue weighted by Gasteiger charge is -2.13. The Balaban J connectivity index is 1.91. The number of nitriles is 1. The quantitative estimate of drug-likeness (QED) is 0.801. The zero-order chi connectivity index (χ0) is 14.5. The Bertz CT molecular complexity index is 612. The van der Waals surface area contributed by atoms with Gasteiger partial charge in [0.15, 0.2) is 5.16 Å². The van der Waals surface area contributed by atoms with Crippen LogP contribution in [0.25, 0.3) is 11.0 Å². The topological polar surface area (TPSA) is 64.5 Å². The van der Waals surface area contributed by atoms with E-state index < -0.39 is 0 Å². The molecule has 1 atom stereocenters. The van der Waals surface area contributed by atoms with Crippen molar-refractivity contribution in [1.29, 1.82) is 5.26 Å². The average Bonchev–Trinajstić information content (AvgIpc) is 2.78. The van der Waals surface area contributed by atoms with E-state index in [9.17, 15) is 0 Å². The van der Waals surface area contributed by atoms with Crippen LogP contribution in [0.5, 0.6) is 0 Å². The second-order valence-electron chi connectivity index (χ2n) is 5.20. The van der Waals surface area contributed by atoms with E-state index in [1.165, 1.54) is 5.56 Å². The molecule has 1 heterocycles. The summed E-state index contributed by atoms with van der Waals surface area (Å²) in [6.45, 7) is 6.18.